The predicted octanol–water partition coefficient (Wildman–Crippen LogP) is 3.26. The summed E-state index contributed by atoms with van der Waals surface area (Å²) in [6.45, 7) is 1.98. The summed E-state index contributed by atoms with van der Waals surface area (Å²) in [6, 6.07) is 2.27. The number of benzene rings is 1. The van der Waals surface area contributed by atoms with E-state index in [2.05, 4.69) is 36.6 Å². The SMILES string of the molecule is CCCCC(C=O)NS(=O)(=O)c1cc(OC)c(Br)cc1Br. The van der Waals surface area contributed by atoms with Gasteiger partial charge in [0.05, 0.1) is 22.5 Å². The van der Waals surface area contributed by atoms with Crippen molar-refractivity contribution in [3.63, 3.8) is 0 Å². The summed E-state index contributed by atoms with van der Waals surface area (Å²) in [5, 5.41) is 0. The third-order valence-electron chi connectivity index (χ3n) is 2.84. The van der Waals surface area contributed by atoms with Gasteiger partial charge >= 0.3 is 0 Å². The van der Waals surface area contributed by atoms with Gasteiger partial charge in [-0.3, -0.25) is 0 Å². The van der Waals surface area contributed by atoms with Crippen LogP contribution >= 0.6 is 31.9 Å². The molecule has 0 amide bonds. The van der Waals surface area contributed by atoms with Crippen LogP contribution in [0.3, 0.4) is 0 Å². The number of hydrogen-bond acceptors (Lipinski definition) is 4. The van der Waals surface area contributed by atoms with E-state index in [1.54, 1.807) is 6.07 Å². The lowest BCUT2D eigenvalue weighted by Gasteiger charge is -2.15. The van der Waals surface area contributed by atoms with Crippen molar-refractivity contribution in [2.24, 2.45) is 0 Å². The number of aldehydes is 1. The number of hydrogen-bond donors (Lipinski definition) is 1. The molecular formula is C13H17Br2NO4S. The van der Waals surface area contributed by atoms with E-state index < -0.39 is 16.1 Å². The molecule has 0 fully saturated rings. The van der Waals surface area contributed by atoms with Gasteiger partial charge in [0, 0.05) is 10.5 Å². The molecule has 118 valence electrons. The van der Waals surface area contributed by atoms with Crippen LogP contribution in [0.2, 0.25) is 0 Å². The minimum atomic E-state index is -3.81. The standard InChI is InChI=1S/C13H17Br2NO4S/c1-3-4-5-9(8-17)16-21(18,19)13-7-12(20-2)10(14)6-11(13)15/h6-9,16H,3-5H2,1-2H3. The molecular weight excluding hydrogens is 426 g/mol. The molecule has 1 aromatic rings. The molecule has 1 aromatic carbocycles. The zero-order valence-corrected chi connectivity index (χ0v) is 15.7. The van der Waals surface area contributed by atoms with Gasteiger partial charge < -0.3 is 9.53 Å². The minimum Gasteiger partial charge on any atom is -0.496 e. The molecule has 0 aliphatic rings. The quantitative estimate of drug-likeness (QED) is 0.627. The summed E-state index contributed by atoms with van der Waals surface area (Å²) >= 11 is 6.50. The number of carbonyl (C=O) groups is 1. The Labute approximate surface area is 141 Å². The number of nitrogens with one attached hydrogen (secondary N) is 1. The van der Waals surface area contributed by atoms with Crippen LogP contribution in [-0.4, -0.2) is 27.9 Å². The lowest BCUT2D eigenvalue weighted by atomic mass is 10.1. The summed E-state index contributed by atoms with van der Waals surface area (Å²) in [5.41, 5.74) is 0. The van der Waals surface area contributed by atoms with Gasteiger partial charge in [0.25, 0.3) is 0 Å². The van der Waals surface area contributed by atoms with E-state index in [0.717, 1.165) is 12.8 Å². The molecule has 1 atom stereocenters. The van der Waals surface area contributed by atoms with Gasteiger partial charge in [-0.1, -0.05) is 19.8 Å². The van der Waals surface area contributed by atoms with Gasteiger partial charge in [-0.15, -0.1) is 0 Å². The maximum absolute atomic E-state index is 12.4. The molecule has 0 bridgehead atoms. The van der Waals surface area contributed by atoms with Crippen molar-refractivity contribution in [3.05, 3.63) is 21.1 Å². The van der Waals surface area contributed by atoms with Crippen molar-refractivity contribution >= 4 is 48.2 Å². The van der Waals surface area contributed by atoms with E-state index in [-0.39, 0.29) is 4.90 Å². The number of rotatable bonds is 8. The number of sulfonamides is 1. The van der Waals surface area contributed by atoms with E-state index in [9.17, 15) is 13.2 Å². The van der Waals surface area contributed by atoms with Crippen molar-refractivity contribution in [3.8, 4) is 5.75 Å². The van der Waals surface area contributed by atoms with E-state index in [1.807, 2.05) is 6.92 Å². The second-order valence-electron chi connectivity index (χ2n) is 4.42. The summed E-state index contributed by atoms with van der Waals surface area (Å²) in [5.74, 6) is 0.398. The number of unbranched alkanes of at least 4 members (excludes halogenated alkanes) is 1. The highest BCUT2D eigenvalue weighted by atomic mass is 79.9. The first-order chi connectivity index (χ1) is 9.85. The molecule has 0 aromatic heterocycles. The molecule has 0 radical (unpaired) electrons. The highest BCUT2D eigenvalue weighted by Gasteiger charge is 2.23. The van der Waals surface area contributed by atoms with Crippen molar-refractivity contribution < 1.29 is 17.9 Å². The van der Waals surface area contributed by atoms with Gasteiger partial charge in [-0.05, 0) is 44.3 Å². The molecule has 1 unspecified atom stereocenters. The van der Waals surface area contributed by atoms with E-state index in [0.29, 0.717) is 27.4 Å². The van der Waals surface area contributed by atoms with Crippen LogP contribution < -0.4 is 9.46 Å². The average molecular weight is 443 g/mol. The van der Waals surface area contributed by atoms with E-state index in [4.69, 9.17) is 4.74 Å². The van der Waals surface area contributed by atoms with Gasteiger partial charge in [0.15, 0.2) is 0 Å². The van der Waals surface area contributed by atoms with Crippen molar-refractivity contribution in [2.45, 2.75) is 37.1 Å². The van der Waals surface area contributed by atoms with Crippen LogP contribution in [0.25, 0.3) is 0 Å². The first kappa shape index (κ1) is 18.6. The Morgan fingerprint density at radius 2 is 2.00 bits per heavy atom. The van der Waals surface area contributed by atoms with Gasteiger partial charge in [-0.2, -0.15) is 0 Å². The zero-order valence-electron chi connectivity index (χ0n) is 11.7. The molecule has 0 heterocycles. The zero-order chi connectivity index (χ0) is 16.0. The third-order valence-corrected chi connectivity index (χ3v) is 5.90. The number of methoxy groups -OCH3 is 1. The Morgan fingerprint density at radius 3 is 2.52 bits per heavy atom. The monoisotopic (exact) mass is 441 g/mol. The number of halogens is 2. The molecule has 0 saturated heterocycles. The first-order valence-electron chi connectivity index (χ1n) is 6.36. The highest BCUT2D eigenvalue weighted by molar-refractivity contribution is 9.11. The van der Waals surface area contributed by atoms with Crippen molar-refractivity contribution in [2.75, 3.05) is 7.11 Å². The highest BCUT2D eigenvalue weighted by Crippen LogP contribution is 2.33. The van der Waals surface area contributed by atoms with Crippen LogP contribution in [0.15, 0.2) is 26.0 Å². The Morgan fingerprint density at radius 1 is 1.33 bits per heavy atom. The first-order valence-corrected chi connectivity index (χ1v) is 9.43. The Balaban J connectivity index is 3.09. The predicted molar refractivity (Wildman–Crippen MR) is 88.1 cm³/mol. The fourth-order valence-electron chi connectivity index (χ4n) is 1.71. The summed E-state index contributed by atoms with van der Waals surface area (Å²) in [7, 11) is -2.36. The normalized spacial score (nSPS) is 13.0. The van der Waals surface area contributed by atoms with Gasteiger partial charge in [0.2, 0.25) is 10.0 Å². The van der Waals surface area contributed by atoms with Crippen LogP contribution in [0.1, 0.15) is 26.2 Å². The van der Waals surface area contributed by atoms with Crippen LogP contribution in [0, 0.1) is 0 Å². The third kappa shape index (κ3) is 5.05. The molecule has 0 aliphatic heterocycles. The Bertz CT molecular complexity index is 604. The molecule has 0 spiro atoms. The topological polar surface area (TPSA) is 72.5 Å². The van der Waals surface area contributed by atoms with Gasteiger partial charge in [0.1, 0.15) is 12.0 Å². The Kier molecular flexibility index (Phi) is 7.32. The fraction of sp³-hybridized carbons (Fsp3) is 0.462. The summed E-state index contributed by atoms with van der Waals surface area (Å²) in [6.07, 6.45) is 2.76. The lowest BCUT2D eigenvalue weighted by molar-refractivity contribution is -0.109. The largest absolute Gasteiger partial charge is 0.496 e. The fourth-order valence-corrected chi connectivity index (χ4v) is 4.79. The minimum absolute atomic E-state index is 0.0332. The maximum Gasteiger partial charge on any atom is 0.242 e. The van der Waals surface area contributed by atoms with Gasteiger partial charge in [-0.25, -0.2) is 13.1 Å². The average Bonchev–Trinajstić information content (AvgIpc) is 2.43. The lowest BCUT2D eigenvalue weighted by Crippen LogP contribution is -2.36. The summed E-state index contributed by atoms with van der Waals surface area (Å²) < 4.78 is 33.3. The molecule has 5 nitrogen and oxygen atoms in total. The molecule has 0 saturated carbocycles. The second kappa shape index (κ2) is 8.26. The van der Waals surface area contributed by atoms with Crippen LogP contribution in [0.4, 0.5) is 0 Å². The Hall–Kier alpha value is -0.440. The molecule has 0 aliphatic carbocycles. The second-order valence-corrected chi connectivity index (χ2v) is 7.81. The van der Waals surface area contributed by atoms with E-state index in [1.165, 1.54) is 13.2 Å². The van der Waals surface area contributed by atoms with E-state index >= 15 is 0 Å². The van der Waals surface area contributed by atoms with Crippen LogP contribution in [0.5, 0.6) is 5.75 Å². The van der Waals surface area contributed by atoms with Crippen molar-refractivity contribution in [1.29, 1.82) is 0 Å². The smallest absolute Gasteiger partial charge is 0.242 e. The molecule has 8 heteroatoms. The maximum atomic E-state index is 12.4. The number of ether oxygens (including phenoxy) is 1. The molecule has 21 heavy (non-hydrogen) atoms. The van der Waals surface area contributed by atoms with Crippen LogP contribution in [-0.2, 0) is 14.8 Å². The molecule has 1 rings (SSSR count). The van der Waals surface area contributed by atoms with Crippen molar-refractivity contribution in [1.82, 2.24) is 4.72 Å². The summed E-state index contributed by atoms with van der Waals surface area (Å²) in [4.78, 5) is 11.0. The molecule has 1 N–H and O–H groups in total. The number of carbonyl (C=O) groups excluding carboxylic acids is 1.